The highest BCUT2D eigenvalue weighted by Gasteiger charge is 2.19. The molecule has 0 aromatic carbocycles. The highest BCUT2D eigenvalue weighted by atomic mass is 16.4. The molecule has 0 aliphatic rings. The van der Waals surface area contributed by atoms with Crippen LogP contribution in [0.25, 0.3) is 0 Å². The van der Waals surface area contributed by atoms with E-state index in [9.17, 15) is 4.79 Å². The Hall–Kier alpha value is -0.610. The van der Waals surface area contributed by atoms with Crippen molar-refractivity contribution in [1.29, 1.82) is 0 Å². The molecule has 0 radical (unpaired) electrons. The van der Waals surface area contributed by atoms with E-state index in [1.807, 2.05) is 25.9 Å². The van der Waals surface area contributed by atoms with Gasteiger partial charge in [0.2, 0.25) is 0 Å². The summed E-state index contributed by atoms with van der Waals surface area (Å²) in [6.45, 7) is 1.97. The van der Waals surface area contributed by atoms with Crippen molar-refractivity contribution in [3.8, 4) is 0 Å². The quantitative estimate of drug-likeness (QED) is 0.625. The maximum atomic E-state index is 10.3. The molecular formula is C8H17NO3. The number of aliphatic hydroxyl groups is 1. The third kappa shape index (κ3) is 3.69. The lowest BCUT2D eigenvalue weighted by Crippen LogP contribution is -2.34. The second-order valence-corrected chi connectivity index (χ2v) is 3.12. The Morgan fingerprint density at radius 3 is 2.25 bits per heavy atom. The molecule has 0 aromatic heterocycles. The highest BCUT2D eigenvalue weighted by molar-refractivity contribution is 5.71. The van der Waals surface area contributed by atoms with E-state index in [4.69, 9.17) is 10.2 Å². The van der Waals surface area contributed by atoms with Crippen molar-refractivity contribution in [3.63, 3.8) is 0 Å². The molecule has 0 spiro atoms. The fourth-order valence-electron chi connectivity index (χ4n) is 1.10. The maximum Gasteiger partial charge on any atom is 0.332 e. The minimum absolute atomic E-state index is 0.135. The molecule has 2 N–H and O–H groups in total. The standard InChI is InChI=1S/C8H17NO3/c1-4-6(9(2)3)5-7(10)8(11)12/h6-7,10H,4-5H2,1-3H3,(H,11,12)/t6?,7-/m0/s1. The Balaban J connectivity index is 3.93. The molecule has 4 heteroatoms. The molecule has 2 atom stereocenters. The lowest BCUT2D eigenvalue weighted by atomic mass is 10.1. The Bertz CT molecular complexity index is 147. The van der Waals surface area contributed by atoms with Gasteiger partial charge in [0, 0.05) is 6.04 Å². The monoisotopic (exact) mass is 175 g/mol. The zero-order valence-electron chi connectivity index (χ0n) is 7.82. The molecule has 0 aliphatic heterocycles. The largest absolute Gasteiger partial charge is 0.479 e. The molecule has 0 fully saturated rings. The lowest BCUT2D eigenvalue weighted by molar-refractivity contribution is -0.147. The van der Waals surface area contributed by atoms with Gasteiger partial charge < -0.3 is 15.1 Å². The van der Waals surface area contributed by atoms with E-state index in [1.165, 1.54) is 0 Å². The van der Waals surface area contributed by atoms with Crippen molar-refractivity contribution in [3.05, 3.63) is 0 Å². The third-order valence-corrected chi connectivity index (χ3v) is 1.98. The molecule has 0 saturated heterocycles. The first-order valence-electron chi connectivity index (χ1n) is 4.06. The van der Waals surface area contributed by atoms with Crippen molar-refractivity contribution in [2.45, 2.75) is 31.9 Å². The molecule has 0 amide bonds. The average molecular weight is 175 g/mol. The van der Waals surface area contributed by atoms with Crippen LogP contribution in [0.1, 0.15) is 19.8 Å². The van der Waals surface area contributed by atoms with Crippen LogP contribution in [0.2, 0.25) is 0 Å². The van der Waals surface area contributed by atoms with Gasteiger partial charge in [-0.05, 0) is 26.9 Å². The van der Waals surface area contributed by atoms with Crippen LogP contribution in [0.15, 0.2) is 0 Å². The first-order chi connectivity index (χ1) is 5.49. The Kier molecular flexibility index (Phi) is 4.85. The van der Waals surface area contributed by atoms with Gasteiger partial charge in [-0.15, -0.1) is 0 Å². The minimum Gasteiger partial charge on any atom is -0.479 e. The van der Waals surface area contributed by atoms with Gasteiger partial charge in [0.05, 0.1) is 0 Å². The number of carboxylic acid groups (broad SMARTS) is 1. The van der Waals surface area contributed by atoms with E-state index >= 15 is 0 Å². The highest BCUT2D eigenvalue weighted by Crippen LogP contribution is 2.07. The van der Waals surface area contributed by atoms with Crippen LogP contribution in [0.4, 0.5) is 0 Å². The topological polar surface area (TPSA) is 60.8 Å². The summed E-state index contributed by atoms with van der Waals surface area (Å²) in [4.78, 5) is 12.2. The van der Waals surface area contributed by atoms with Crippen LogP contribution >= 0.6 is 0 Å². The summed E-state index contributed by atoms with van der Waals surface area (Å²) in [5, 5.41) is 17.5. The van der Waals surface area contributed by atoms with Crippen molar-refractivity contribution in [2.24, 2.45) is 0 Å². The molecule has 72 valence electrons. The number of rotatable bonds is 5. The smallest absolute Gasteiger partial charge is 0.332 e. The SMILES string of the molecule is CCC(C[C@H](O)C(=O)O)N(C)C. The number of aliphatic carboxylic acids is 1. The van der Waals surface area contributed by atoms with E-state index in [0.717, 1.165) is 6.42 Å². The van der Waals surface area contributed by atoms with Gasteiger partial charge in [-0.2, -0.15) is 0 Å². The maximum absolute atomic E-state index is 10.3. The average Bonchev–Trinajstić information content (AvgIpc) is 1.98. The first kappa shape index (κ1) is 11.4. The van der Waals surface area contributed by atoms with E-state index in [1.54, 1.807) is 0 Å². The van der Waals surface area contributed by atoms with Crippen molar-refractivity contribution < 1.29 is 15.0 Å². The van der Waals surface area contributed by atoms with Crippen molar-refractivity contribution >= 4 is 5.97 Å². The second-order valence-electron chi connectivity index (χ2n) is 3.12. The van der Waals surface area contributed by atoms with Crippen LogP contribution < -0.4 is 0 Å². The van der Waals surface area contributed by atoms with Gasteiger partial charge in [0.25, 0.3) is 0 Å². The van der Waals surface area contributed by atoms with Gasteiger partial charge in [-0.25, -0.2) is 4.79 Å². The first-order valence-corrected chi connectivity index (χ1v) is 4.06. The molecule has 0 saturated carbocycles. The summed E-state index contributed by atoms with van der Waals surface area (Å²) in [5.41, 5.74) is 0. The minimum atomic E-state index is -1.24. The molecule has 0 aliphatic carbocycles. The zero-order valence-corrected chi connectivity index (χ0v) is 7.82. The van der Waals surface area contributed by atoms with E-state index in [-0.39, 0.29) is 6.04 Å². The lowest BCUT2D eigenvalue weighted by Gasteiger charge is -2.23. The number of hydrogen-bond donors (Lipinski definition) is 2. The van der Waals surface area contributed by atoms with Crippen LogP contribution in [-0.4, -0.2) is 47.3 Å². The normalized spacial score (nSPS) is 16.1. The summed E-state index contributed by atoms with van der Waals surface area (Å²) in [6, 6.07) is 0.135. The van der Waals surface area contributed by atoms with Crippen LogP contribution in [0.5, 0.6) is 0 Å². The molecule has 4 nitrogen and oxygen atoms in total. The molecule has 1 unspecified atom stereocenters. The van der Waals surface area contributed by atoms with E-state index in [2.05, 4.69) is 0 Å². The summed E-state index contributed by atoms with van der Waals surface area (Å²) in [5.74, 6) is -1.14. The Labute approximate surface area is 72.8 Å². The van der Waals surface area contributed by atoms with Crippen LogP contribution in [-0.2, 0) is 4.79 Å². The second kappa shape index (κ2) is 5.11. The fourth-order valence-corrected chi connectivity index (χ4v) is 1.10. The number of nitrogens with zero attached hydrogens (tertiary/aromatic N) is 1. The molecule has 0 aromatic rings. The van der Waals surface area contributed by atoms with Gasteiger partial charge in [-0.3, -0.25) is 0 Å². The molecule has 0 rings (SSSR count). The summed E-state index contributed by atoms with van der Waals surface area (Å²) in [7, 11) is 3.76. The zero-order chi connectivity index (χ0) is 9.72. The van der Waals surface area contributed by atoms with Gasteiger partial charge in [0.15, 0.2) is 6.10 Å². The molecule has 12 heavy (non-hydrogen) atoms. The van der Waals surface area contributed by atoms with Crippen LogP contribution in [0, 0.1) is 0 Å². The molecule has 0 heterocycles. The fraction of sp³-hybridized carbons (Fsp3) is 0.875. The molecule has 0 bridgehead atoms. The number of carboxylic acids is 1. The van der Waals surface area contributed by atoms with Gasteiger partial charge in [-0.1, -0.05) is 6.92 Å². The van der Waals surface area contributed by atoms with E-state index in [0.29, 0.717) is 6.42 Å². The third-order valence-electron chi connectivity index (χ3n) is 1.98. The summed E-state index contributed by atoms with van der Waals surface area (Å²) >= 11 is 0. The van der Waals surface area contributed by atoms with Crippen LogP contribution in [0.3, 0.4) is 0 Å². The van der Waals surface area contributed by atoms with Gasteiger partial charge in [0.1, 0.15) is 0 Å². The number of aliphatic hydroxyl groups excluding tert-OH is 1. The van der Waals surface area contributed by atoms with Crippen molar-refractivity contribution in [2.75, 3.05) is 14.1 Å². The van der Waals surface area contributed by atoms with Gasteiger partial charge >= 0.3 is 5.97 Å². The Morgan fingerprint density at radius 2 is 2.00 bits per heavy atom. The summed E-state index contributed by atoms with van der Waals surface area (Å²) in [6.07, 6.45) is -0.103. The number of hydrogen-bond acceptors (Lipinski definition) is 3. The predicted molar refractivity (Wildman–Crippen MR) is 46.0 cm³/mol. The number of carbonyl (C=O) groups is 1. The summed E-state index contributed by atoms with van der Waals surface area (Å²) < 4.78 is 0. The molecular weight excluding hydrogens is 158 g/mol. The Morgan fingerprint density at radius 1 is 1.50 bits per heavy atom. The predicted octanol–water partition coefficient (Wildman–Crippen LogP) is 0.162. The van der Waals surface area contributed by atoms with Crippen molar-refractivity contribution in [1.82, 2.24) is 4.90 Å². The van der Waals surface area contributed by atoms with E-state index < -0.39 is 12.1 Å².